The van der Waals surface area contributed by atoms with Gasteiger partial charge in [-0.3, -0.25) is 0 Å². The van der Waals surface area contributed by atoms with Crippen molar-refractivity contribution in [3.05, 3.63) is 0 Å². The SMILES string of the molecule is CCCCCCCC1CC1.CCCCCCCCCC[Si](OCC)(OCC)OCC.CCO[SiH](OCC)OCC. The Morgan fingerprint density at radius 2 is 0.850 bits per heavy atom. The molecule has 0 atom stereocenters. The molecule has 0 aromatic heterocycles. The number of hydrogen-bond acceptors (Lipinski definition) is 6. The van der Waals surface area contributed by atoms with E-state index < -0.39 is 18.3 Å². The topological polar surface area (TPSA) is 55.4 Å². The lowest BCUT2D eigenvalue weighted by molar-refractivity contribution is 0.0706. The maximum absolute atomic E-state index is 5.86. The highest BCUT2D eigenvalue weighted by molar-refractivity contribution is 6.60. The molecule has 1 aliphatic rings. The lowest BCUT2D eigenvalue weighted by Crippen LogP contribution is -2.45. The molecule has 0 amide bonds. The second-order valence-corrected chi connectivity index (χ2v) is 14.8. The fourth-order valence-corrected chi connectivity index (χ4v) is 8.26. The first-order valence-electron chi connectivity index (χ1n) is 17.3. The second-order valence-electron chi connectivity index (χ2n) is 10.5. The van der Waals surface area contributed by atoms with Crippen molar-refractivity contribution in [1.29, 1.82) is 0 Å². The van der Waals surface area contributed by atoms with Crippen LogP contribution in [0.2, 0.25) is 6.04 Å². The van der Waals surface area contributed by atoms with Crippen molar-refractivity contribution >= 4 is 18.3 Å². The third kappa shape index (κ3) is 29.7. The Labute approximate surface area is 254 Å². The minimum absolute atomic E-state index is 0.677. The first kappa shape index (κ1) is 42.3. The Bertz CT molecular complexity index is 437. The molecule has 0 saturated heterocycles. The predicted octanol–water partition coefficient (Wildman–Crippen LogP) is 9.75. The summed E-state index contributed by atoms with van der Waals surface area (Å²) >= 11 is 0. The van der Waals surface area contributed by atoms with Crippen LogP contribution in [0.1, 0.15) is 158 Å². The van der Waals surface area contributed by atoms with Gasteiger partial charge in [-0.1, -0.05) is 110 Å². The molecular weight excluding hydrogens is 537 g/mol. The molecule has 0 radical (unpaired) electrons. The van der Waals surface area contributed by atoms with E-state index in [1.54, 1.807) is 0 Å². The van der Waals surface area contributed by atoms with Crippen molar-refractivity contribution in [1.82, 2.24) is 0 Å². The van der Waals surface area contributed by atoms with Gasteiger partial charge in [0.05, 0.1) is 0 Å². The predicted molar refractivity (Wildman–Crippen MR) is 176 cm³/mol. The lowest BCUT2D eigenvalue weighted by Gasteiger charge is -2.28. The largest absolute Gasteiger partial charge is 0.500 e. The van der Waals surface area contributed by atoms with E-state index in [-0.39, 0.29) is 0 Å². The monoisotopic (exact) mass is 608 g/mol. The average Bonchev–Trinajstić information content (AvgIpc) is 3.76. The molecule has 6 nitrogen and oxygen atoms in total. The molecule has 244 valence electrons. The molecule has 0 heterocycles. The van der Waals surface area contributed by atoms with Crippen LogP contribution in [-0.2, 0) is 26.6 Å². The van der Waals surface area contributed by atoms with Crippen LogP contribution in [0, 0.1) is 5.92 Å². The average molecular weight is 609 g/mol. The Morgan fingerprint density at radius 3 is 1.20 bits per heavy atom. The van der Waals surface area contributed by atoms with Crippen molar-refractivity contribution in [2.24, 2.45) is 5.92 Å². The standard InChI is InChI=1S/C16H36O3Si.C10H20.C6H16O3Si/c1-5-9-10-11-12-13-14-15-16-20(17-6-2,18-7-3)19-8-4;1-2-3-4-5-6-7-10-8-9-10;1-4-7-10(8-5-2)9-6-3/h5-16H2,1-4H3;10H,2-9H2,1H3;10H,4-6H2,1-3H3. The van der Waals surface area contributed by atoms with Crippen LogP contribution in [0.15, 0.2) is 0 Å². The second kappa shape index (κ2) is 33.7. The molecule has 1 aliphatic carbocycles. The van der Waals surface area contributed by atoms with Crippen LogP contribution in [-0.4, -0.2) is 58.0 Å². The molecule has 0 aromatic carbocycles. The first-order valence-corrected chi connectivity index (χ1v) is 20.6. The lowest BCUT2D eigenvalue weighted by atomic mass is 10.1. The molecule has 0 aromatic rings. The van der Waals surface area contributed by atoms with Crippen LogP contribution in [0.5, 0.6) is 0 Å². The minimum Gasteiger partial charge on any atom is -0.376 e. The van der Waals surface area contributed by atoms with Gasteiger partial charge >= 0.3 is 18.3 Å². The zero-order valence-corrected chi connectivity index (χ0v) is 30.5. The van der Waals surface area contributed by atoms with E-state index in [0.29, 0.717) is 39.6 Å². The highest BCUT2D eigenvalue weighted by Gasteiger charge is 2.39. The van der Waals surface area contributed by atoms with Gasteiger partial charge < -0.3 is 26.6 Å². The summed E-state index contributed by atoms with van der Waals surface area (Å²) in [6.45, 7) is 20.5. The smallest absolute Gasteiger partial charge is 0.376 e. The molecule has 1 saturated carbocycles. The van der Waals surface area contributed by atoms with Gasteiger partial charge in [0.2, 0.25) is 0 Å². The molecule has 1 rings (SSSR count). The summed E-state index contributed by atoms with van der Waals surface area (Å²) < 4.78 is 33.2. The normalized spacial score (nSPS) is 13.1. The Hall–Kier alpha value is 0.194. The van der Waals surface area contributed by atoms with E-state index in [1.165, 1.54) is 103 Å². The van der Waals surface area contributed by atoms with Gasteiger partial charge in [0.1, 0.15) is 0 Å². The Kier molecular flexibility index (Phi) is 35.7. The van der Waals surface area contributed by atoms with Gasteiger partial charge in [0.25, 0.3) is 0 Å². The van der Waals surface area contributed by atoms with Gasteiger partial charge in [-0.25, -0.2) is 0 Å². The maximum atomic E-state index is 5.86. The van der Waals surface area contributed by atoms with Crippen LogP contribution in [0.25, 0.3) is 0 Å². The van der Waals surface area contributed by atoms with E-state index >= 15 is 0 Å². The zero-order chi connectivity index (χ0) is 30.2. The van der Waals surface area contributed by atoms with Gasteiger partial charge in [-0.2, -0.15) is 0 Å². The zero-order valence-electron chi connectivity index (χ0n) is 28.4. The van der Waals surface area contributed by atoms with E-state index in [0.717, 1.165) is 12.0 Å². The van der Waals surface area contributed by atoms with Crippen molar-refractivity contribution in [2.75, 3.05) is 39.6 Å². The van der Waals surface area contributed by atoms with Crippen molar-refractivity contribution in [3.63, 3.8) is 0 Å². The number of unbranched alkanes of at least 4 members (excludes halogenated alkanes) is 11. The summed E-state index contributed by atoms with van der Waals surface area (Å²) in [5, 5.41) is 0. The maximum Gasteiger partial charge on any atom is 0.500 e. The minimum atomic E-state index is -2.38. The molecule has 0 unspecified atom stereocenters. The summed E-state index contributed by atoms with van der Waals surface area (Å²) in [5.41, 5.74) is 0. The highest BCUT2D eigenvalue weighted by Crippen LogP contribution is 2.34. The van der Waals surface area contributed by atoms with E-state index in [2.05, 4.69) is 13.8 Å². The van der Waals surface area contributed by atoms with Gasteiger partial charge in [0, 0.05) is 45.7 Å². The van der Waals surface area contributed by atoms with Crippen molar-refractivity contribution < 1.29 is 26.6 Å². The third-order valence-electron chi connectivity index (χ3n) is 6.75. The molecule has 0 spiro atoms. The van der Waals surface area contributed by atoms with Gasteiger partial charge in [-0.05, 0) is 53.9 Å². The number of hydrogen-bond donors (Lipinski definition) is 0. The van der Waals surface area contributed by atoms with Crippen molar-refractivity contribution in [2.45, 2.75) is 164 Å². The third-order valence-corrected chi connectivity index (χ3v) is 11.7. The molecular formula is C32H72O6Si2. The summed E-state index contributed by atoms with van der Waals surface area (Å²) in [6, 6.07) is 0.970. The molecule has 8 heteroatoms. The Balaban J connectivity index is 0. The molecule has 0 N–H and O–H groups in total. The molecule has 1 fully saturated rings. The van der Waals surface area contributed by atoms with Crippen molar-refractivity contribution in [3.8, 4) is 0 Å². The Morgan fingerprint density at radius 1 is 0.475 bits per heavy atom. The van der Waals surface area contributed by atoms with E-state index in [4.69, 9.17) is 26.6 Å². The van der Waals surface area contributed by atoms with Crippen LogP contribution < -0.4 is 0 Å². The summed E-state index contributed by atoms with van der Waals surface area (Å²) in [7, 11) is -4.11. The van der Waals surface area contributed by atoms with E-state index in [1.807, 2.05) is 41.5 Å². The quantitative estimate of drug-likeness (QED) is 0.0683. The van der Waals surface area contributed by atoms with Crippen LogP contribution in [0.3, 0.4) is 0 Å². The highest BCUT2D eigenvalue weighted by atomic mass is 28.4. The fourth-order valence-electron chi connectivity index (χ4n) is 4.47. The molecule has 0 bridgehead atoms. The fraction of sp³-hybridized carbons (Fsp3) is 1.00. The van der Waals surface area contributed by atoms with Gasteiger partial charge in [-0.15, -0.1) is 0 Å². The van der Waals surface area contributed by atoms with Gasteiger partial charge in [0.15, 0.2) is 0 Å². The summed E-state index contributed by atoms with van der Waals surface area (Å²) in [4.78, 5) is 0. The number of rotatable bonds is 27. The van der Waals surface area contributed by atoms with Crippen LogP contribution >= 0.6 is 0 Å². The molecule has 0 aliphatic heterocycles. The first-order chi connectivity index (χ1) is 19.5. The van der Waals surface area contributed by atoms with E-state index in [9.17, 15) is 0 Å². The molecule has 40 heavy (non-hydrogen) atoms. The van der Waals surface area contributed by atoms with Crippen LogP contribution in [0.4, 0.5) is 0 Å². The summed E-state index contributed by atoms with van der Waals surface area (Å²) in [6.07, 6.45) is 22.5. The summed E-state index contributed by atoms with van der Waals surface area (Å²) in [5.74, 6) is 1.15.